The van der Waals surface area contributed by atoms with Gasteiger partial charge in [0.25, 0.3) is 0 Å². The lowest BCUT2D eigenvalue weighted by molar-refractivity contribution is 0.104. The van der Waals surface area contributed by atoms with Gasteiger partial charge in [-0.15, -0.1) is 0 Å². The SMILES string of the molecule is COc1ccc2[nH]cc(C(=O)C(C#N)=Cc3cccc(F)c3)c2c1. The third kappa shape index (κ3) is 2.90. The average molecular weight is 320 g/mol. The molecule has 1 aromatic heterocycles. The molecule has 0 aliphatic rings. The number of H-pyrrole nitrogens is 1. The number of nitrogens with zero attached hydrogens (tertiary/aromatic N) is 1. The van der Waals surface area contributed by atoms with E-state index in [4.69, 9.17) is 4.74 Å². The number of aromatic nitrogens is 1. The molecule has 1 N–H and O–H groups in total. The Morgan fingerprint density at radius 1 is 1.29 bits per heavy atom. The van der Waals surface area contributed by atoms with Crippen molar-refractivity contribution in [3.63, 3.8) is 0 Å². The minimum Gasteiger partial charge on any atom is -0.497 e. The summed E-state index contributed by atoms with van der Waals surface area (Å²) in [6.45, 7) is 0. The molecular weight excluding hydrogens is 307 g/mol. The molecule has 0 aliphatic heterocycles. The number of hydrogen-bond donors (Lipinski definition) is 1. The molecular formula is C19H13FN2O2. The number of nitriles is 1. The minimum absolute atomic E-state index is 0.0654. The van der Waals surface area contributed by atoms with E-state index in [0.717, 1.165) is 5.52 Å². The van der Waals surface area contributed by atoms with Gasteiger partial charge in [0, 0.05) is 22.7 Å². The third-order valence-corrected chi connectivity index (χ3v) is 3.66. The first-order valence-electron chi connectivity index (χ1n) is 7.19. The van der Waals surface area contributed by atoms with Crippen LogP contribution in [0, 0.1) is 17.1 Å². The van der Waals surface area contributed by atoms with E-state index in [2.05, 4.69) is 4.98 Å². The molecule has 0 aliphatic carbocycles. The number of nitrogens with one attached hydrogen (secondary N) is 1. The van der Waals surface area contributed by atoms with E-state index in [0.29, 0.717) is 22.3 Å². The first-order valence-corrected chi connectivity index (χ1v) is 7.19. The van der Waals surface area contributed by atoms with Gasteiger partial charge in [0.1, 0.15) is 23.2 Å². The van der Waals surface area contributed by atoms with Crippen molar-refractivity contribution in [2.45, 2.75) is 0 Å². The maximum absolute atomic E-state index is 13.3. The molecule has 2 aromatic carbocycles. The van der Waals surface area contributed by atoms with E-state index in [1.54, 1.807) is 37.6 Å². The predicted molar refractivity (Wildman–Crippen MR) is 89.2 cm³/mol. The number of rotatable bonds is 4. The number of halogens is 1. The highest BCUT2D eigenvalue weighted by molar-refractivity contribution is 6.20. The summed E-state index contributed by atoms with van der Waals surface area (Å²) in [7, 11) is 1.54. The molecule has 0 spiro atoms. The lowest BCUT2D eigenvalue weighted by atomic mass is 10.0. The summed E-state index contributed by atoms with van der Waals surface area (Å²) in [6.07, 6.45) is 2.94. The number of carbonyl (C=O) groups is 1. The zero-order valence-corrected chi connectivity index (χ0v) is 12.8. The second kappa shape index (κ2) is 6.39. The normalized spacial score (nSPS) is 11.3. The highest BCUT2D eigenvalue weighted by atomic mass is 19.1. The van der Waals surface area contributed by atoms with Gasteiger partial charge in [0.2, 0.25) is 5.78 Å². The molecule has 0 unspecified atom stereocenters. The minimum atomic E-state index is -0.429. The Hall–Kier alpha value is -3.39. The van der Waals surface area contributed by atoms with E-state index in [1.165, 1.54) is 24.3 Å². The molecule has 0 saturated carbocycles. The molecule has 24 heavy (non-hydrogen) atoms. The second-order valence-electron chi connectivity index (χ2n) is 5.17. The third-order valence-electron chi connectivity index (χ3n) is 3.66. The van der Waals surface area contributed by atoms with Gasteiger partial charge in [-0.3, -0.25) is 4.79 Å². The van der Waals surface area contributed by atoms with Gasteiger partial charge in [0.15, 0.2) is 0 Å². The molecule has 0 atom stereocenters. The standard InChI is InChI=1S/C19H13FN2O2/c1-24-15-5-6-18-16(9-15)17(11-22-18)19(23)13(10-21)7-12-3-2-4-14(20)8-12/h2-9,11,22H,1H3. The summed E-state index contributed by atoms with van der Waals surface area (Å²) in [5.74, 6) is -0.240. The fourth-order valence-corrected chi connectivity index (χ4v) is 2.47. The Labute approximate surface area is 137 Å². The van der Waals surface area contributed by atoms with Crippen LogP contribution in [-0.4, -0.2) is 17.9 Å². The lowest BCUT2D eigenvalue weighted by Gasteiger charge is -2.02. The van der Waals surface area contributed by atoms with Crippen molar-refractivity contribution in [3.8, 4) is 11.8 Å². The van der Waals surface area contributed by atoms with E-state index in [1.807, 2.05) is 6.07 Å². The van der Waals surface area contributed by atoms with Crippen molar-refractivity contribution in [1.29, 1.82) is 5.26 Å². The Morgan fingerprint density at radius 3 is 2.83 bits per heavy atom. The number of allylic oxidation sites excluding steroid dienone is 1. The van der Waals surface area contributed by atoms with Gasteiger partial charge in [-0.1, -0.05) is 12.1 Å². The average Bonchev–Trinajstić information content (AvgIpc) is 3.02. The van der Waals surface area contributed by atoms with Crippen molar-refractivity contribution < 1.29 is 13.9 Å². The van der Waals surface area contributed by atoms with Crippen LogP contribution in [0.3, 0.4) is 0 Å². The lowest BCUT2D eigenvalue weighted by Crippen LogP contribution is -2.01. The first-order chi connectivity index (χ1) is 11.6. The molecule has 5 heteroatoms. The summed E-state index contributed by atoms with van der Waals surface area (Å²) in [6, 6.07) is 12.9. The monoisotopic (exact) mass is 320 g/mol. The second-order valence-corrected chi connectivity index (χ2v) is 5.17. The van der Waals surface area contributed by atoms with Crippen LogP contribution < -0.4 is 4.74 Å². The van der Waals surface area contributed by atoms with Crippen LogP contribution in [0.4, 0.5) is 4.39 Å². The maximum Gasteiger partial charge on any atom is 0.205 e. The fraction of sp³-hybridized carbons (Fsp3) is 0.0526. The molecule has 3 aromatic rings. The summed E-state index contributed by atoms with van der Waals surface area (Å²) >= 11 is 0. The first kappa shape index (κ1) is 15.5. The van der Waals surface area contributed by atoms with Gasteiger partial charge in [-0.25, -0.2) is 4.39 Å². The van der Waals surface area contributed by atoms with Crippen LogP contribution in [0.1, 0.15) is 15.9 Å². The van der Waals surface area contributed by atoms with Crippen LogP contribution in [0.15, 0.2) is 54.2 Å². The largest absolute Gasteiger partial charge is 0.497 e. The zero-order valence-electron chi connectivity index (χ0n) is 12.8. The quantitative estimate of drug-likeness (QED) is 0.447. The Balaban J connectivity index is 2.05. The van der Waals surface area contributed by atoms with Gasteiger partial charge in [-0.2, -0.15) is 5.26 Å². The molecule has 0 amide bonds. The van der Waals surface area contributed by atoms with Crippen LogP contribution in [-0.2, 0) is 0 Å². The van der Waals surface area contributed by atoms with Gasteiger partial charge in [0.05, 0.1) is 7.11 Å². The van der Waals surface area contributed by atoms with Crippen LogP contribution in [0.25, 0.3) is 17.0 Å². The van der Waals surface area contributed by atoms with Gasteiger partial charge >= 0.3 is 0 Å². The predicted octanol–water partition coefficient (Wildman–Crippen LogP) is 4.11. The highest BCUT2D eigenvalue weighted by Crippen LogP contribution is 2.26. The van der Waals surface area contributed by atoms with Gasteiger partial charge in [-0.05, 0) is 42.0 Å². The topological polar surface area (TPSA) is 65.9 Å². The Morgan fingerprint density at radius 2 is 2.12 bits per heavy atom. The number of Topliss-reactive ketones (excluding diaryl/α,β-unsaturated/α-hetero) is 1. The number of carbonyl (C=O) groups excluding carboxylic acids is 1. The number of benzene rings is 2. The van der Waals surface area contributed by atoms with Gasteiger partial charge < -0.3 is 9.72 Å². The van der Waals surface area contributed by atoms with E-state index in [-0.39, 0.29) is 5.57 Å². The van der Waals surface area contributed by atoms with Crippen LogP contribution in [0.2, 0.25) is 0 Å². The number of ether oxygens (including phenoxy) is 1. The molecule has 118 valence electrons. The van der Waals surface area contributed by atoms with Crippen molar-refractivity contribution >= 4 is 22.8 Å². The smallest absolute Gasteiger partial charge is 0.205 e. The Bertz CT molecular complexity index is 996. The summed E-state index contributed by atoms with van der Waals surface area (Å²) in [4.78, 5) is 15.7. The van der Waals surface area contributed by atoms with Crippen molar-refractivity contribution in [3.05, 3.63) is 71.2 Å². The van der Waals surface area contributed by atoms with Crippen LogP contribution in [0.5, 0.6) is 5.75 Å². The molecule has 0 fully saturated rings. The van der Waals surface area contributed by atoms with E-state index < -0.39 is 11.6 Å². The van der Waals surface area contributed by atoms with Crippen molar-refractivity contribution in [2.75, 3.05) is 7.11 Å². The van der Waals surface area contributed by atoms with E-state index >= 15 is 0 Å². The molecule has 0 saturated heterocycles. The molecule has 3 rings (SSSR count). The van der Waals surface area contributed by atoms with Crippen LogP contribution >= 0.6 is 0 Å². The van der Waals surface area contributed by atoms with E-state index in [9.17, 15) is 14.4 Å². The van der Waals surface area contributed by atoms with Crippen molar-refractivity contribution in [1.82, 2.24) is 4.98 Å². The molecule has 4 nitrogen and oxygen atoms in total. The number of methoxy groups -OCH3 is 1. The molecule has 1 heterocycles. The highest BCUT2D eigenvalue weighted by Gasteiger charge is 2.17. The molecule has 0 radical (unpaired) electrons. The number of hydrogen-bond acceptors (Lipinski definition) is 3. The summed E-state index contributed by atoms with van der Waals surface area (Å²) in [5, 5.41) is 10.00. The van der Waals surface area contributed by atoms with Crippen molar-refractivity contribution in [2.24, 2.45) is 0 Å². The maximum atomic E-state index is 13.3. The Kier molecular flexibility index (Phi) is 4.13. The number of fused-ring (bicyclic) bond motifs is 1. The summed E-state index contributed by atoms with van der Waals surface area (Å²) in [5.41, 5.74) is 1.52. The zero-order chi connectivity index (χ0) is 17.1. The number of aromatic amines is 1. The fourth-order valence-electron chi connectivity index (χ4n) is 2.47. The summed E-state index contributed by atoms with van der Waals surface area (Å²) < 4.78 is 18.4. The number of ketones is 1. The molecule has 0 bridgehead atoms.